The largest absolute Gasteiger partial charge is 0.456 e. The zero-order valence-electron chi connectivity index (χ0n) is 14.3. The standard InChI is InChI=1S/C17H20ClN3O5/c1-11(12-4-2-5-13(18)8-12)20-14(22)10-26-16(24)6-3-7-21-15(23)9-19-17(21)25/h2,4-5,8,11H,3,6-7,9-10H2,1H3,(H,19,25)(H,20,22)/t11-/m1/s1. The molecule has 0 spiro atoms. The van der Waals surface area contributed by atoms with Gasteiger partial charge in [-0.1, -0.05) is 23.7 Å². The number of rotatable bonds is 8. The van der Waals surface area contributed by atoms with E-state index >= 15 is 0 Å². The maximum Gasteiger partial charge on any atom is 0.324 e. The van der Waals surface area contributed by atoms with E-state index in [-0.39, 0.29) is 37.9 Å². The minimum atomic E-state index is -0.567. The third kappa shape index (κ3) is 5.73. The molecule has 1 fully saturated rings. The fourth-order valence-electron chi connectivity index (χ4n) is 2.42. The minimum absolute atomic E-state index is 0.00812. The quantitative estimate of drug-likeness (QED) is 0.523. The normalized spacial score (nSPS) is 14.8. The Balaban J connectivity index is 1.66. The van der Waals surface area contributed by atoms with Gasteiger partial charge in [0.1, 0.15) is 0 Å². The van der Waals surface area contributed by atoms with E-state index in [0.717, 1.165) is 10.5 Å². The molecule has 26 heavy (non-hydrogen) atoms. The maximum atomic E-state index is 11.9. The molecule has 1 saturated heterocycles. The highest BCUT2D eigenvalue weighted by Crippen LogP contribution is 2.17. The first kappa shape index (κ1) is 19.7. The van der Waals surface area contributed by atoms with Crippen molar-refractivity contribution >= 4 is 35.4 Å². The first-order chi connectivity index (χ1) is 12.4. The Labute approximate surface area is 155 Å². The molecule has 1 aliphatic heterocycles. The second kappa shape index (κ2) is 9.19. The predicted octanol–water partition coefficient (Wildman–Crippen LogP) is 1.39. The molecule has 4 amide bonds. The van der Waals surface area contributed by atoms with Crippen molar-refractivity contribution in [3.63, 3.8) is 0 Å². The summed E-state index contributed by atoms with van der Waals surface area (Å²) in [6, 6.07) is 6.36. The first-order valence-electron chi connectivity index (χ1n) is 8.15. The van der Waals surface area contributed by atoms with Crippen molar-refractivity contribution in [3.05, 3.63) is 34.9 Å². The molecule has 1 atom stereocenters. The van der Waals surface area contributed by atoms with Crippen LogP contribution in [0, 0.1) is 0 Å². The topological polar surface area (TPSA) is 105 Å². The van der Waals surface area contributed by atoms with Crippen LogP contribution >= 0.6 is 11.6 Å². The lowest BCUT2D eigenvalue weighted by molar-refractivity contribution is -0.149. The van der Waals surface area contributed by atoms with E-state index < -0.39 is 24.5 Å². The molecule has 1 heterocycles. The number of hydrogen-bond donors (Lipinski definition) is 2. The van der Waals surface area contributed by atoms with Crippen LogP contribution in [0.15, 0.2) is 24.3 Å². The van der Waals surface area contributed by atoms with Gasteiger partial charge in [0.05, 0.1) is 12.6 Å². The summed E-state index contributed by atoms with van der Waals surface area (Å²) in [7, 11) is 0. The molecule has 0 aromatic heterocycles. The molecule has 1 aromatic carbocycles. The van der Waals surface area contributed by atoms with Crippen molar-refractivity contribution < 1.29 is 23.9 Å². The van der Waals surface area contributed by atoms with Gasteiger partial charge in [-0.3, -0.25) is 19.3 Å². The molecule has 9 heteroatoms. The van der Waals surface area contributed by atoms with Crippen LogP contribution in [-0.2, 0) is 19.1 Å². The first-order valence-corrected chi connectivity index (χ1v) is 8.53. The number of imide groups is 1. The van der Waals surface area contributed by atoms with Crippen LogP contribution in [0.3, 0.4) is 0 Å². The molecule has 1 aliphatic rings. The average molecular weight is 382 g/mol. The summed E-state index contributed by atoms with van der Waals surface area (Å²) in [4.78, 5) is 47.3. The summed E-state index contributed by atoms with van der Waals surface area (Å²) >= 11 is 5.91. The van der Waals surface area contributed by atoms with E-state index in [9.17, 15) is 19.2 Å². The lowest BCUT2D eigenvalue weighted by Crippen LogP contribution is -2.32. The fourth-order valence-corrected chi connectivity index (χ4v) is 2.62. The molecular weight excluding hydrogens is 362 g/mol. The van der Waals surface area contributed by atoms with Gasteiger partial charge in [-0.2, -0.15) is 0 Å². The van der Waals surface area contributed by atoms with Gasteiger partial charge in [0.2, 0.25) is 5.91 Å². The second-order valence-corrected chi connectivity index (χ2v) is 6.25. The summed E-state index contributed by atoms with van der Waals surface area (Å²) in [5.41, 5.74) is 0.839. The van der Waals surface area contributed by atoms with Crippen molar-refractivity contribution in [1.29, 1.82) is 0 Å². The van der Waals surface area contributed by atoms with Gasteiger partial charge in [0.15, 0.2) is 6.61 Å². The number of amides is 4. The van der Waals surface area contributed by atoms with Gasteiger partial charge in [0.25, 0.3) is 5.91 Å². The van der Waals surface area contributed by atoms with Crippen molar-refractivity contribution in [2.75, 3.05) is 19.7 Å². The van der Waals surface area contributed by atoms with Gasteiger partial charge >= 0.3 is 12.0 Å². The Kier molecular flexibility index (Phi) is 6.97. The molecule has 8 nitrogen and oxygen atoms in total. The van der Waals surface area contributed by atoms with Crippen LogP contribution in [0.4, 0.5) is 4.79 Å². The van der Waals surface area contributed by atoms with E-state index in [2.05, 4.69) is 10.6 Å². The van der Waals surface area contributed by atoms with E-state index in [0.29, 0.717) is 5.02 Å². The number of esters is 1. The zero-order chi connectivity index (χ0) is 19.1. The summed E-state index contributed by atoms with van der Waals surface area (Å²) < 4.78 is 4.90. The number of urea groups is 1. The molecule has 1 aromatic rings. The van der Waals surface area contributed by atoms with E-state index in [1.807, 2.05) is 6.07 Å². The van der Waals surface area contributed by atoms with Gasteiger partial charge in [-0.25, -0.2) is 4.79 Å². The molecular formula is C17H20ClN3O5. The minimum Gasteiger partial charge on any atom is -0.456 e. The summed E-state index contributed by atoms with van der Waals surface area (Å²) in [5, 5.41) is 5.67. The van der Waals surface area contributed by atoms with Crippen LogP contribution in [0.2, 0.25) is 5.02 Å². The lowest BCUT2D eigenvalue weighted by atomic mass is 10.1. The number of carbonyl (C=O) groups excluding carboxylic acids is 4. The summed E-state index contributed by atoms with van der Waals surface area (Å²) in [6.07, 6.45) is 0.284. The molecule has 0 unspecified atom stereocenters. The van der Waals surface area contributed by atoms with E-state index in [4.69, 9.17) is 16.3 Å². The number of benzene rings is 1. The van der Waals surface area contributed by atoms with E-state index in [1.165, 1.54) is 0 Å². The number of halogens is 1. The molecule has 0 radical (unpaired) electrons. The Hall–Kier alpha value is -2.61. The van der Waals surface area contributed by atoms with Gasteiger partial charge in [-0.15, -0.1) is 0 Å². The Morgan fingerprint density at radius 1 is 1.38 bits per heavy atom. The van der Waals surface area contributed by atoms with Crippen LogP contribution in [-0.4, -0.2) is 48.4 Å². The van der Waals surface area contributed by atoms with E-state index in [1.54, 1.807) is 25.1 Å². The molecule has 0 saturated carbocycles. The van der Waals surface area contributed by atoms with Crippen LogP contribution in [0.25, 0.3) is 0 Å². The van der Waals surface area contributed by atoms with Gasteiger partial charge in [0, 0.05) is 18.0 Å². The SMILES string of the molecule is C[C@@H](NC(=O)COC(=O)CCCN1C(=O)CNC1=O)c1cccc(Cl)c1. The average Bonchev–Trinajstić information content (AvgIpc) is 2.92. The Morgan fingerprint density at radius 3 is 2.81 bits per heavy atom. The molecule has 2 N–H and O–H groups in total. The molecule has 0 bridgehead atoms. The highest BCUT2D eigenvalue weighted by molar-refractivity contribution is 6.30. The molecule has 2 rings (SSSR count). The third-order valence-electron chi connectivity index (χ3n) is 3.79. The number of ether oxygens (including phenoxy) is 1. The van der Waals surface area contributed by atoms with Crippen molar-refractivity contribution in [2.45, 2.75) is 25.8 Å². The lowest BCUT2D eigenvalue weighted by Gasteiger charge is -2.15. The number of nitrogens with one attached hydrogen (secondary N) is 2. The summed E-state index contributed by atoms with van der Waals surface area (Å²) in [6.45, 7) is 1.52. The Bertz CT molecular complexity index is 693. The van der Waals surface area contributed by atoms with Crippen LogP contribution in [0.1, 0.15) is 31.4 Å². The highest BCUT2D eigenvalue weighted by atomic mass is 35.5. The number of hydrogen-bond acceptors (Lipinski definition) is 5. The maximum absolute atomic E-state index is 11.9. The number of carbonyl (C=O) groups is 4. The van der Waals surface area contributed by atoms with Crippen LogP contribution in [0.5, 0.6) is 0 Å². The zero-order valence-corrected chi connectivity index (χ0v) is 15.0. The monoisotopic (exact) mass is 381 g/mol. The van der Waals surface area contributed by atoms with Crippen molar-refractivity contribution in [3.8, 4) is 0 Å². The Morgan fingerprint density at radius 2 is 2.15 bits per heavy atom. The molecule has 140 valence electrons. The van der Waals surface area contributed by atoms with Gasteiger partial charge < -0.3 is 15.4 Å². The highest BCUT2D eigenvalue weighted by Gasteiger charge is 2.27. The third-order valence-corrected chi connectivity index (χ3v) is 4.03. The molecule has 0 aliphatic carbocycles. The fraction of sp³-hybridized carbons (Fsp3) is 0.412. The number of nitrogens with zero attached hydrogens (tertiary/aromatic N) is 1. The van der Waals surface area contributed by atoms with Gasteiger partial charge in [-0.05, 0) is 31.0 Å². The van der Waals surface area contributed by atoms with Crippen molar-refractivity contribution in [1.82, 2.24) is 15.5 Å². The second-order valence-electron chi connectivity index (χ2n) is 5.81. The van der Waals surface area contributed by atoms with Crippen molar-refractivity contribution in [2.24, 2.45) is 0 Å². The smallest absolute Gasteiger partial charge is 0.324 e. The predicted molar refractivity (Wildman–Crippen MR) is 93.3 cm³/mol. The summed E-state index contributed by atoms with van der Waals surface area (Å²) in [5.74, 6) is -1.32. The van der Waals surface area contributed by atoms with Crippen LogP contribution < -0.4 is 10.6 Å².